The van der Waals surface area contributed by atoms with Crippen molar-refractivity contribution in [3.8, 4) is 12.3 Å². The number of esters is 2. The third-order valence-corrected chi connectivity index (χ3v) is 5.07. The van der Waals surface area contributed by atoms with Crippen LogP contribution < -0.4 is 5.32 Å². The van der Waals surface area contributed by atoms with E-state index in [0.29, 0.717) is 31.6 Å². The van der Waals surface area contributed by atoms with Crippen molar-refractivity contribution in [3.63, 3.8) is 0 Å². The Bertz CT molecular complexity index is 865. The molecule has 2 heterocycles. The monoisotopic (exact) mass is 366 g/mol. The van der Waals surface area contributed by atoms with Gasteiger partial charge >= 0.3 is 11.9 Å². The van der Waals surface area contributed by atoms with Gasteiger partial charge < -0.3 is 14.8 Å². The quantitative estimate of drug-likeness (QED) is 0.498. The van der Waals surface area contributed by atoms with Crippen molar-refractivity contribution in [1.82, 2.24) is 4.90 Å². The zero-order valence-electron chi connectivity index (χ0n) is 15.5. The summed E-state index contributed by atoms with van der Waals surface area (Å²) in [5, 5.41) is 3.38. The third kappa shape index (κ3) is 3.34. The van der Waals surface area contributed by atoms with Crippen molar-refractivity contribution in [3.05, 3.63) is 53.3 Å². The highest BCUT2D eigenvalue weighted by Gasteiger charge is 2.46. The molecule has 1 aromatic carbocycles. The van der Waals surface area contributed by atoms with E-state index in [1.807, 2.05) is 35.2 Å². The molecule has 0 radical (unpaired) electrons. The van der Waals surface area contributed by atoms with Crippen LogP contribution in [0.5, 0.6) is 0 Å². The van der Waals surface area contributed by atoms with Gasteiger partial charge in [-0.25, -0.2) is 9.59 Å². The third-order valence-electron chi connectivity index (χ3n) is 5.07. The molecule has 1 atom stereocenters. The van der Waals surface area contributed by atoms with Crippen LogP contribution in [0.2, 0.25) is 0 Å². The molecule has 3 rings (SSSR count). The van der Waals surface area contributed by atoms with E-state index in [4.69, 9.17) is 15.9 Å². The first-order chi connectivity index (χ1) is 13.1. The van der Waals surface area contributed by atoms with Crippen molar-refractivity contribution in [2.45, 2.75) is 11.8 Å². The normalized spacial score (nSPS) is 21.7. The summed E-state index contributed by atoms with van der Waals surface area (Å²) in [6.07, 6.45) is 9.37. The molecule has 0 bridgehead atoms. The largest absolute Gasteiger partial charge is 0.466 e. The van der Waals surface area contributed by atoms with E-state index in [2.05, 4.69) is 11.2 Å². The van der Waals surface area contributed by atoms with E-state index in [1.54, 1.807) is 0 Å². The molecule has 0 aromatic heterocycles. The Hall–Kier alpha value is -3.04. The Morgan fingerprint density at radius 3 is 2.81 bits per heavy atom. The van der Waals surface area contributed by atoms with Gasteiger partial charge in [0.2, 0.25) is 0 Å². The fraction of sp³-hybridized carbons (Fsp3) is 0.333. The molecule has 1 aromatic rings. The topological polar surface area (TPSA) is 67.9 Å². The summed E-state index contributed by atoms with van der Waals surface area (Å²) in [5.41, 5.74) is 2.50. The Labute approximate surface area is 158 Å². The van der Waals surface area contributed by atoms with Crippen molar-refractivity contribution < 1.29 is 19.1 Å². The van der Waals surface area contributed by atoms with Crippen LogP contribution in [0.15, 0.2) is 47.7 Å². The molecule has 140 valence electrons. The van der Waals surface area contributed by atoms with E-state index in [0.717, 1.165) is 16.9 Å². The molecule has 0 unspecified atom stereocenters. The van der Waals surface area contributed by atoms with E-state index in [1.165, 1.54) is 20.3 Å². The first-order valence-corrected chi connectivity index (χ1v) is 8.67. The minimum absolute atomic E-state index is 0.376. The zero-order chi connectivity index (χ0) is 19.4. The van der Waals surface area contributed by atoms with Crippen LogP contribution in [0.1, 0.15) is 12.0 Å². The average Bonchev–Trinajstić information content (AvgIpc) is 2.93. The number of carbonyl (C=O) groups excluding carboxylic acids is 2. The predicted octanol–water partition coefficient (Wildman–Crippen LogP) is 1.85. The molecule has 0 saturated carbocycles. The van der Waals surface area contributed by atoms with Crippen LogP contribution in [0.25, 0.3) is 0 Å². The SMILES string of the molecule is C#CCN1CC[C@]2(/C=C/C(=O)OC)C(=C(C(=O)OC)C1)Nc1ccccc12. The number of hydrogen-bond donors (Lipinski definition) is 1. The minimum Gasteiger partial charge on any atom is -0.466 e. The second-order valence-electron chi connectivity index (χ2n) is 6.51. The number of rotatable bonds is 4. The summed E-state index contributed by atoms with van der Waals surface area (Å²) < 4.78 is 9.81. The number of nitrogens with one attached hydrogen (secondary N) is 1. The number of anilines is 1. The molecule has 6 heteroatoms. The maximum atomic E-state index is 12.6. The van der Waals surface area contributed by atoms with Gasteiger partial charge in [-0.2, -0.15) is 0 Å². The summed E-state index contributed by atoms with van der Waals surface area (Å²) in [5.74, 6) is 1.78. The van der Waals surface area contributed by atoms with Crippen molar-refractivity contribution in [2.75, 3.05) is 39.2 Å². The first-order valence-electron chi connectivity index (χ1n) is 8.67. The zero-order valence-corrected chi connectivity index (χ0v) is 15.5. The van der Waals surface area contributed by atoms with Gasteiger partial charge in [0.05, 0.1) is 31.8 Å². The van der Waals surface area contributed by atoms with Crippen LogP contribution >= 0.6 is 0 Å². The molecule has 6 nitrogen and oxygen atoms in total. The molecule has 2 aliphatic heterocycles. The van der Waals surface area contributed by atoms with Gasteiger partial charge in [0, 0.05) is 30.5 Å². The minimum atomic E-state index is -0.655. The molecule has 0 amide bonds. The first kappa shape index (κ1) is 18.7. The van der Waals surface area contributed by atoms with E-state index < -0.39 is 17.4 Å². The van der Waals surface area contributed by atoms with E-state index in [-0.39, 0.29) is 0 Å². The fourth-order valence-corrected chi connectivity index (χ4v) is 3.77. The lowest BCUT2D eigenvalue weighted by molar-refractivity contribution is -0.136. The second-order valence-corrected chi connectivity index (χ2v) is 6.51. The molecule has 0 fully saturated rings. The van der Waals surface area contributed by atoms with Crippen molar-refractivity contribution in [2.24, 2.45) is 0 Å². The highest BCUT2D eigenvalue weighted by Crippen LogP contribution is 2.49. The number of allylic oxidation sites excluding steroid dienone is 1. The van der Waals surface area contributed by atoms with Crippen molar-refractivity contribution >= 4 is 17.6 Å². The molecular weight excluding hydrogens is 344 g/mol. The fourth-order valence-electron chi connectivity index (χ4n) is 3.77. The number of para-hydroxylation sites is 1. The number of terminal acetylenes is 1. The standard InChI is InChI=1S/C21H22N2O4/c1-4-12-23-13-11-21(10-9-18(24)26-2)16-7-5-6-8-17(16)22-19(21)15(14-23)20(25)27-3/h1,5-10,22H,11-14H2,2-3H3/b10-9+/t21-/m0/s1. The molecule has 0 aliphatic carbocycles. The lowest BCUT2D eigenvalue weighted by atomic mass is 9.75. The molecule has 0 spiro atoms. The Balaban J connectivity index is 2.20. The van der Waals surface area contributed by atoms with Gasteiger partial charge in [-0.1, -0.05) is 30.2 Å². The molecule has 2 aliphatic rings. The molecule has 0 saturated heterocycles. The Morgan fingerprint density at radius 1 is 1.33 bits per heavy atom. The van der Waals surface area contributed by atoms with Crippen LogP contribution in [-0.4, -0.2) is 50.7 Å². The number of carbonyl (C=O) groups is 2. The number of benzene rings is 1. The maximum absolute atomic E-state index is 12.6. The van der Waals surface area contributed by atoms with Gasteiger partial charge in [0.25, 0.3) is 0 Å². The summed E-state index contributed by atoms with van der Waals surface area (Å²) in [7, 11) is 2.70. The average molecular weight is 366 g/mol. The van der Waals surface area contributed by atoms with Gasteiger partial charge in [0.15, 0.2) is 0 Å². The van der Waals surface area contributed by atoms with E-state index >= 15 is 0 Å². The van der Waals surface area contributed by atoms with Gasteiger partial charge in [0.1, 0.15) is 0 Å². The second kappa shape index (κ2) is 7.68. The highest BCUT2D eigenvalue weighted by molar-refractivity contribution is 5.93. The number of fused-ring (bicyclic) bond motifs is 3. The van der Waals surface area contributed by atoms with Crippen LogP contribution in [0, 0.1) is 12.3 Å². The summed E-state index contributed by atoms with van der Waals surface area (Å²) in [6, 6.07) is 7.83. The summed E-state index contributed by atoms with van der Waals surface area (Å²) >= 11 is 0. The van der Waals surface area contributed by atoms with Crippen molar-refractivity contribution in [1.29, 1.82) is 0 Å². The number of methoxy groups -OCH3 is 2. The molecule has 27 heavy (non-hydrogen) atoms. The van der Waals surface area contributed by atoms with Crippen LogP contribution in [0.3, 0.4) is 0 Å². The number of nitrogens with zero attached hydrogens (tertiary/aromatic N) is 1. The Morgan fingerprint density at radius 2 is 2.11 bits per heavy atom. The lowest BCUT2D eigenvalue weighted by Gasteiger charge is -2.27. The van der Waals surface area contributed by atoms with Crippen LogP contribution in [-0.2, 0) is 24.5 Å². The number of ether oxygens (including phenoxy) is 2. The maximum Gasteiger partial charge on any atom is 0.336 e. The van der Waals surface area contributed by atoms with Gasteiger partial charge in [-0.15, -0.1) is 6.42 Å². The van der Waals surface area contributed by atoms with Gasteiger partial charge in [-0.05, 0) is 18.1 Å². The Kier molecular flexibility index (Phi) is 5.33. The summed E-state index contributed by atoms with van der Waals surface area (Å²) in [6.45, 7) is 1.46. The van der Waals surface area contributed by atoms with Crippen LogP contribution in [0.4, 0.5) is 5.69 Å². The molecule has 1 N–H and O–H groups in total. The number of hydrogen-bond acceptors (Lipinski definition) is 6. The predicted molar refractivity (Wildman–Crippen MR) is 102 cm³/mol. The van der Waals surface area contributed by atoms with Gasteiger partial charge in [-0.3, -0.25) is 4.90 Å². The van der Waals surface area contributed by atoms with E-state index in [9.17, 15) is 9.59 Å². The lowest BCUT2D eigenvalue weighted by Crippen LogP contribution is -2.30. The highest BCUT2D eigenvalue weighted by atomic mass is 16.5. The smallest absolute Gasteiger partial charge is 0.336 e. The molecular formula is C21H22N2O4. The summed E-state index contributed by atoms with van der Waals surface area (Å²) in [4.78, 5) is 26.4.